The first-order valence-corrected chi connectivity index (χ1v) is 9.55. The Morgan fingerprint density at radius 2 is 1.64 bits per heavy atom. The molecule has 0 aromatic rings. The average Bonchev–Trinajstić information content (AvgIpc) is 2.97. The van der Waals surface area contributed by atoms with E-state index in [4.69, 9.17) is 4.74 Å². The molecule has 1 aliphatic heterocycles. The molecule has 1 unspecified atom stereocenters. The minimum absolute atomic E-state index is 0. The van der Waals surface area contributed by atoms with Crippen LogP contribution in [-0.2, 0) is 9.53 Å². The SMILES string of the molecule is C=C(C)C(=O)OC(C)CN1C=CN(CCCCCCCCCC)C1.Cl. The largest absolute Gasteiger partial charge is 0.457 e. The highest BCUT2D eigenvalue weighted by Gasteiger charge is 2.17. The summed E-state index contributed by atoms with van der Waals surface area (Å²) >= 11 is 0. The minimum Gasteiger partial charge on any atom is -0.457 e. The summed E-state index contributed by atoms with van der Waals surface area (Å²) in [4.78, 5) is 16.0. The molecule has 0 aliphatic carbocycles. The second-order valence-corrected chi connectivity index (χ2v) is 6.99. The summed E-state index contributed by atoms with van der Waals surface area (Å²) in [5.74, 6) is -0.304. The monoisotopic (exact) mass is 372 g/mol. The van der Waals surface area contributed by atoms with Crippen LogP contribution in [0.5, 0.6) is 0 Å². The number of ether oxygens (including phenoxy) is 1. The molecule has 1 aliphatic rings. The van der Waals surface area contributed by atoms with Gasteiger partial charge in [0, 0.05) is 24.5 Å². The number of rotatable bonds is 13. The lowest BCUT2D eigenvalue weighted by Crippen LogP contribution is -2.33. The van der Waals surface area contributed by atoms with E-state index < -0.39 is 0 Å². The normalized spacial score (nSPS) is 14.4. The van der Waals surface area contributed by atoms with Gasteiger partial charge >= 0.3 is 5.97 Å². The number of hydrogen-bond donors (Lipinski definition) is 0. The van der Waals surface area contributed by atoms with Crippen LogP contribution in [0.2, 0.25) is 0 Å². The van der Waals surface area contributed by atoms with Gasteiger partial charge < -0.3 is 14.5 Å². The van der Waals surface area contributed by atoms with Crippen LogP contribution in [0.3, 0.4) is 0 Å². The number of halogens is 1. The molecule has 1 rings (SSSR count). The Bertz CT molecular complexity index is 413. The Labute approximate surface area is 160 Å². The molecule has 0 saturated heterocycles. The van der Waals surface area contributed by atoms with Gasteiger partial charge in [0.2, 0.25) is 0 Å². The van der Waals surface area contributed by atoms with E-state index in [1.165, 1.54) is 51.4 Å². The zero-order valence-electron chi connectivity index (χ0n) is 16.3. The van der Waals surface area contributed by atoms with E-state index in [0.717, 1.165) is 19.8 Å². The molecular formula is C20H37ClN2O2. The van der Waals surface area contributed by atoms with Gasteiger partial charge in [-0.1, -0.05) is 58.4 Å². The molecule has 1 atom stereocenters. The molecule has 0 spiro atoms. The van der Waals surface area contributed by atoms with Gasteiger partial charge in [-0.05, 0) is 20.3 Å². The van der Waals surface area contributed by atoms with E-state index in [9.17, 15) is 4.79 Å². The van der Waals surface area contributed by atoms with Gasteiger partial charge in [-0.3, -0.25) is 0 Å². The van der Waals surface area contributed by atoms with E-state index in [1.807, 2.05) is 6.92 Å². The molecule has 5 heteroatoms. The van der Waals surface area contributed by atoms with Crippen molar-refractivity contribution in [2.75, 3.05) is 19.8 Å². The molecular weight excluding hydrogens is 336 g/mol. The van der Waals surface area contributed by atoms with Crippen LogP contribution in [0, 0.1) is 0 Å². The summed E-state index contributed by atoms with van der Waals surface area (Å²) in [6.07, 6.45) is 14.9. The van der Waals surface area contributed by atoms with Crippen molar-refractivity contribution in [1.82, 2.24) is 9.80 Å². The third-order valence-corrected chi connectivity index (χ3v) is 4.30. The summed E-state index contributed by atoms with van der Waals surface area (Å²) in [6, 6.07) is 0. The lowest BCUT2D eigenvalue weighted by Gasteiger charge is -2.24. The third-order valence-electron chi connectivity index (χ3n) is 4.30. The molecule has 0 bridgehead atoms. The minimum atomic E-state index is -0.304. The highest BCUT2D eigenvalue weighted by Crippen LogP contribution is 2.12. The van der Waals surface area contributed by atoms with Gasteiger partial charge in [0.1, 0.15) is 6.10 Å². The standard InChI is InChI=1S/C20H36N2O2.ClH/c1-5-6-7-8-9-10-11-12-13-21-14-15-22(17-21)16-19(4)24-20(23)18(2)3;/h14-15,19H,2,5-13,16-17H2,1,3-4H3;1H. The van der Waals surface area contributed by atoms with Gasteiger partial charge in [0.25, 0.3) is 0 Å². The molecule has 0 N–H and O–H groups in total. The molecule has 0 amide bonds. The Kier molecular flexibility index (Phi) is 13.4. The maximum absolute atomic E-state index is 11.5. The zero-order valence-corrected chi connectivity index (χ0v) is 17.2. The van der Waals surface area contributed by atoms with Crippen molar-refractivity contribution >= 4 is 18.4 Å². The fourth-order valence-corrected chi connectivity index (χ4v) is 2.88. The van der Waals surface area contributed by atoms with Crippen molar-refractivity contribution in [3.05, 3.63) is 24.6 Å². The van der Waals surface area contributed by atoms with Crippen molar-refractivity contribution in [3.8, 4) is 0 Å². The molecule has 0 aromatic carbocycles. The quantitative estimate of drug-likeness (QED) is 0.256. The van der Waals surface area contributed by atoms with E-state index in [2.05, 4.69) is 35.7 Å². The Morgan fingerprint density at radius 3 is 2.24 bits per heavy atom. The first-order chi connectivity index (χ1) is 11.5. The predicted molar refractivity (Wildman–Crippen MR) is 108 cm³/mol. The first-order valence-electron chi connectivity index (χ1n) is 9.55. The summed E-state index contributed by atoms with van der Waals surface area (Å²) in [7, 11) is 0. The van der Waals surface area contributed by atoms with E-state index in [-0.39, 0.29) is 24.5 Å². The molecule has 1 heterocycles. The van der Waals surface area contributed by atoms with Gasteiger partial charge in [-0.15, -0.1) is 12.4 Å². The average molecular weight is 373 g/mol. The number of nitrogens with zero attached hydrogens (tertiary/aromatic N) is 2. The Balaban J connectivity index is 0.00000576. The summed E-state index contributed by atoms with van der Waals surface area (Å²) in [5, 5.41) is 0. The number of hydrogen-bond acceptors (Lipinski definition) is 4. The molecule has 0 fully saturated rings. The van der Waals surface area contributed by atoms with Crippen molar-refractivity contribution in [2.45, 2.75) is 78.2 Å². The fraction of sp³-hybridized carbons (Fsp3) is 0.750. The third kappa shape index (κ3) is 11.1. The first kappa shape index (κ1) is 23.8. The van der Waals surface area contributed by atoms with Crippen LogP contribution < -0.4 is 0 Å². The lowest BCUT2D eigenvalue weighted by molar-refractivity contribution is -0.143. The van der Waals surface area contributed by atoms with Crippen molar-refractivity contribution in [2.24, 2.45) is 0 Å². The molecule has 25 heavy (non-hydrogen) atoms. The maximum Gasteiger partial charge on any atom is 0.333 e. The number of carbonyl (C=O) groups excluding carboxylic acids is 1. The fourth-order valence-electron chi connectivity index (χ4n) is 2.88. The van der Waals surface area contributed by atoms with Crippen LogP contribution in [0.15, 0.2) is 24.6 Å². The second kappa shape index (κ2) is 14.1. The van der Waals surface area contributed by atoms with E-state index >= 15 is 0 Å². The van der Waals surface area contributed by atoms with Crippen molar-refractivity contribution < 1.29 is 9.53 Å². The molecule has 146 valence electrons. The topological polar surface area (TPSA) is 32.8 Å². The van der Waals surface area contributed by atoms with Gasteiger partial charge in [0.15, 0.2) is 0 Å². The molecule has 0 radical (unpaired) electrons. The highest BCUT2D eigenvalue weighted by atomic mass is 35.5. The van der Waals surface area contributed by atoms with Gasteiger partial charge in [-0.2, -0.15) is 0 Å². The van der Waals surface area contributed by atoms with Crippen LogP contribution >= 0.6 is 12.4 Å². The van der Waals surface area contributed by atoms with Gasteiger partial charge in [-0.25, -0.2) is 4.79 Å². The number of unbranched alkanes of at least 4 members (excludes halogenated alkanes) is 7. The van der Waals surface area contributed by atoms with Crippen LogP contribution in [0.1, 0.15) is 72.1 Å². The van der Waals surface area contributed by atoms with Crippen molar-refractivity contribution in [3.63, 3.8) is 0 Å². The zero-order chi connectivity index (χ0) is 17.8. The summed E-state index contributed by atoms with van der Waals surface area (Å²) in [5.41, 5.74) is 0.454. The Morgan fingerprint density at radius 1 is 1.08 bits per heavy atom. The summed E-state index contributed by atoms with van der Waals surface area (Å²) in [6.45, 7) is 12.2. The van der Waals surface area contributed by atoms with Crippen molar-refractivity contribution in [1.29, 1.82) is 0 Å². The van der Waals surface area contributed by atoms with Gasteiger partial charge in [0.05, 0.1) is 13.2 Å². The lowest BCUT2D eigenvalue weighted by atomic mass is 10.1. The van der Waals surface area contributed by atoms with E-state index in [1.54, 1.807) is 6.92 Å². The van der Waals surface area contributed by atoms with E-state index in [0.29, 0.717) is 5.57 Å². The smallest absolute Gasteiger partial charge is 0.333 e. The second-order valence-electron chi connectivity index (χ2n) is 6.99. The maximum atomic E-state index is 11.5. The molecule has 4 nitrogen and oxygen atoms in total. The van der Waals surface area contributed by atoms with Crippen LogP contribution in [0.25, 0.3) is 0 Å². The highest BCUT2D eigenvalue weighted by molar-refractivity contribution is 5.87. The van der Waals surface area contributed by atoms with Crippen LogP contribution in [-0.4, -0.2) is 41.6 Å². The molecule has 0 aromatic heterocycles. The predicted octanol–water partition coefficient (Wildman–Crippen LogP) is 5.10. The molecule has 0 saturated carbocycles. The summed E-state index contributed by atoms with van der Waals surface area (Å²) < 4.78 is 5.33. The van der Waals surface area contributed by atoms with Crippen LogP contribution in [0.4, 0.5) is 0 Å². The number of esters is 1. The Hall–Kier alpha value is -1.16. The number of carbonyl (C=O) groups is 1.